The predicted octanol–water partition coefficient (Wildman–Crippen LogP) is 2.73. The van der Waals surface area contributed by atoms with Crippen LogP contribution in [-0.2, 0) is 4.79 Å². The molecule has 0 radical (unpaired) electrons. The molecule has 0 aliphatic carbocycles. The first-order valence-corrected chi connectivity index (χ1v) is 8.37. The van der Waals surface area contributed by atoms with Gasteiger partial charge in [0.05, 0.1) is 25.2 Å². The third kappa shape index (κ3) is 3.34. The van der Waals surface area contributed by atoms with Crippen LogP contribution in [0, 0.1) is 10.1 Å². The number of carbonyl (C=O) groups is 1. The van der Waals surface area contributed by atoms with Gasteiger partial charge in [-0.1, -0.05) is 0 Å². The molecule has 8 nitrogen and oxygen atoms in total. The lowest BCUT2D eigenvalue weighted by atomic mass is 9.92. The molecule has 2 rings (SSSR count). The Morgan fingerprint density at radius 3 is 2.50 bits per heavy atom. The topological polar surface area (TPSA) is 93.9 Å². The highest BCUT2D eigenvalue weighted by atomic mass is 32.1. The van der Waals surface area contributed by atoms with Gasteiger partial charge in [0.2, 0.25) is 5.75 Å². The van der Waals surface area contributed by atoms with Crippen LogP contribution in [0.3, 0.4) is 0 Å². The van der Waals surface area contributed by atoms with Crippen LogP contribution < -0.4 is 14.8 Å². The van der Waals surface area contributed by atoms with Crippen LogP contribution in [0.15, 0.2) is 23.4 Å². The number of nitrogens with zero attached hydrogens (tertiary/aromatic N) is 2. The van der Waals surface area contributed by atoms with Crippen molar-refractivity contribution in [1.29, 1.82) is 0 Å². The molecule has 0 saturated heterocycles. The lowest BCUT2D eigenvalue weighted by Crippen LogP contribution is -2.47. The lowest BCUT2D eigenvalue weighted by Gasteiger charge is -2.37. The Morgan fingerprint density at radius 1 is 1.38 bits per heavy atom. The summed E-state index contributed by atoms with van der Waals surface area (Å²) in [6.45, 7) is 5.81. The Hall–Kier alpha value is -2.68. The fourth-order valence-electron chi connectivity index (χ4n) is 3.14. The van der Waals surface area contributed by atoms with Crippen molar-refractivity contribution < 1.29 is 19.2 Å². The number of thiocarbonyl (C=S) groups is 1. The SMILES string of the molecule is CCN1C(=S)NC(c2cc(OC)c(OC)c([N+](=O)[O-])c2)C(C(C)=O)=C1C. The van der Waals surface area contributed by atoms with Crippen molar-refractivity contribution in [2.24, 2.45) is 0 Å². The van der Waals surface area contributed by atoms with E-state index in [0.29, 0.717) is 22.8 Å². The van der Waals surface area contributed by atoms with E-state index in [1.54, 1.807) is 6.07 Å². The number of rotatable bonds is 6. The minimum Gasteiger partial charge on any atom is -0.493 e. The Morgan fingerprint density at radius 2 is 2.04 bits per heavy atom. The summed E-state index contributed by atoms with van der Waals surface area (Å²) in [6, 6.07) is 2.38. The number of hydrogen-bond donors (Lipinski definition) is 1. The number of ether oxygens (including phenoxy) is 2. The number of allylic oxidation sites excluding steroid dienone is 1. The zero-order chi connectivity index (χ0) is 19.6. The zero-order valence-corrected chi connectivity index (χ0v) is 16.1. The smallest absolute Gasteiger partial charge is 0.315 e. The van der Waals surface area contributed by atoms with E-state index in [9.17, 15) is 14.9 Å². The maximum atomic E-state index is 12.3. The van der Waals surface area contributed by atoms with Crippen LogP contribution >= 0.6 is 12.2 Å². The number of nitro benzene ring substituents is 1. The summed E-state index contributed by atoms with van der Waals surface area (Å²) in [5.74, 6) is 0.0983. The van der Waals surface area contributed by atoms with Gasteiger partial charge in [-0.15, -0.1) is 0 Å². The molecule has 26 heavy (non-hydrogen) atoms. The maximum absolute atomic E-state index is 12.3. The summed E-state index contributed by atoms with van der Waals surface area (Å²) in [6.07, 6.45) is 0. The minimum atomic E-state index is -0.610. The number of benzene rings is 1. The Balaban J connectivity index is 2.71. The molecular formula is C17H21N3O5S. The number of hydrogen-bond acceptors (Lipinski definition) is 6. The van der Waals surface area contributed by atoms with Gasteiger partial charge in [0.15, 0.2) is 16.6 Å². The predicted molar refractivity (Wildman–Crippen MR) is 100 cm³/mol. The van der Waals surface area contributed by atoms with E-state index in [1.807, 2.05) is 18.7 Å². The van der Waals surface area contributed by atoms with Crippen LogP contribution in [0.4, 0.5) is 5.69 Å². The van der Waals surface area contributed by atoms with E-state index in [1.165, 1.54) is 27.2 Å². The van der Waals surface area contributed by atoms with Gasteiger partial charge in [-0.05, 0) is 44.6 Å². The summed E-state index contributed by atoms with van der Waals surface area (Å²) in [5, 5.41) is 15.0. The van der Waals surface area contributed by atoms with Gasteiger partial charge < -0.3 is 19.7 Å². The number of Topliss-reactive ketones (excluding diaryl/α,β-unsaturated/α-hetero) is 1. The molecule has 1 aliphatic heterocycles. The molecule has 1 unspecified atom stereocenters. The summed E-state index contributed by atoms with van der Waals surface area (Å²) in [4.78, 5) is 25.0. The molecule has 1 heterocycles. The van der Waals surface area contributed by atoms with Crippen molar-refractivity contribution in [3.63, 3.8) is 0 Å². The molecule has 0 spiro atoms. The molecule has 0 amide bonds. The Kier molecular flexibility index (Phi) is 5.81. The van der Waals surface area contributed by atoms with Crippen molar-refractivity contribution in [2.75, 3.05) is 20.8 Å². The van der Waals surface area contributed by atoms with E-state index in [-0.39, 0.29) is 23.0 Å². The normalized spacial score (nSPS) is 17.0. The summed E-state index contributed by atoms with van der Waals surface area (Å²) < 4.78 is 10.4. The van der Waals surface area contributed by atoms with Gasteiger partial charge in [0.25, 0.3) is 0 Å². The highest BCUT2D eigenvalue weighted by molar-refractivity contribution is 7.80. The van der Waals surface area contributed by atoms with Crippen molar-refractivity contribution in [2.45, 2.75) is 26.8 Å². The first-order chi connectivity index (χ1) is 12.3. The van der Waals surface area contributed by atoms with Crippen LogP contribution in [0.25, 0.3) is 0 Å². The van der Waals surface area contributed by atoms with Gasteiger partial charge >= 0.3 is 5.69 Å². The standard InChI is InChI=1S/C17H21N3O5S/c1-6-19-9(2)14(10(3)21)15(18-17(19)26)11-7-12(20(22)23)16(25-5)13(8-11)24-4/h7-8,15H,6H2,1-5H3,(H,18,26). The summed E-state index contributed by atoms with van der Waals surface area (Å²) in [7, 11) is 2.73. The second-order valence-corrected chi connectivity index (χ2v) is 6.10. The van der Waals surface area contributed by atoms with E-state index < -0.39 is 11.0 Å². The third-order valence-electron chi connectivity index (χ3n) is 4.30. The summed E-state index contributed by atoms with van der Waals surface area (Å²) in [5.41, 5.74) is 1.48. The molecular weight excluding hydrogens is 358 g/mol. The molecule has 1 aliphatic rings. The molecule has 1 aromatic rings. The first kappa shape index (κ1) is 19.6. The van der Waals surface area contributed by atoms with Gasteiger partial charge in [0.1, 0.15) is 0 Å². The van der Waals surface area contributed by atoms with Crippen molar-refractivity contribution in [1.82, 2.24) is 10.2 Å². The van der Waals surface area contributed by atoms with Crippen LogP contribution in [0.5, 0.6) is 11.5 Å². The molecule has 1 aromatic carbocycles. The monoisotopic (exact) mass is 379 g/mol. The lowest BCUT2D eigenvalue weighted by molar-refractivity contribution is -0.385. The molecule has 0 saturated carbocycles. The second kappa shape index (κ2) is 7.69. The van der Waals surface area contributed by atoms with E-state index in [4.69, 9.17) is 21.7 Å². The zero-order valence-electron chi connectivity index (χ0n) is 15.3. The molecule has 0 fully saturated rings. The van der Waals surface area contributed by atoms with E-state index in [2.05, 4.69) is 5.32 Å². The van der Waals surface area contributed by atoms with Gasteiger partial charge in [-0.2, -0.15) is 0 Å². The Labute approximate surface area is 156 Å². The number of nitrogens with one attached hydrogen (secondary N) is 1. The third-order valence-corrected chi connectivity index (χ3v) is 4.64. The minimum absolute atomic E-state index is 0.0277. The van der Waals surface area contributed by atoms with Crippen molar-refractivity contribution in [3.05, 3.63) is 39.1 Å². The molecule has 1 N–H and O–H groups in total. The highest BCUT2D eigenvalue weighted by Gasteiger charge is 2.34. The summed E-state index contributed by atoms with van der Waals surface area (Å²) >= 11 is 5.39. The number of nitro groups is 1. The largest absolute Gasteiger partial charge is 0.493 e. The number of ketones is 1. The molecule has 0 bridgehead atoms. The molecule has 0 aromatic heterocycles. The van der Waals surface area contributed by atoms with E-state index in [0.717, 1.165) is 5.70 Å². The fraction of sp³-hybridized carbons (Fsp3) is 0.412. The van der Waals surface area contributed by atoms with E-state index >= 15 is 0 Å². The van der Waals surface area contributed by atoms with Gasteiger partial charge in [-0.25, -0.2) is 0 Å². The average Bonchev–Trinajstić information content (AvgIpc) is 2.59. The average molecular weight is 379 g/mol. The quantitative estimate of drug-likeness (QED) is 0.458. The van der Waals surface area contributed by atoms with Crippen molar-refractivity contribution in [3.8, 4) is 11.5 Å². The molecule has 9 heteroatoms. The molecule has 1 atom stereocenters. The van der Waals surface area contributed by atoms with Crippen LogP contribution in [0.1, 0.15) is 32.4 Å². The molecule has 140 valence electrons. The first-order valence-electron chi connectivity index (χ1n) is 7.96. The number of carbonyl (C=O) groups excluding carboxylic acids is 1. The van der Waals surface area contributed by atoms with Crippen LogP contribution in [-0.4, -0.2) is 41.5 Å². The number of methoxy groups -OCH3 is 2. The fourth-order valence-corrected chi connectivity index (χ4v) is 3.52. The highest BCUT2D eigenvalue weighted by Crippen LogP contribution is 2.41. The van der Waals surface area contributed by atoms with Gasteiger partial charge in [0, 0.05) is 23.9 Å². The Bertz CT molecular complexity index is 806. The van der Waals surface area contributed by atoms with Crippen LogP contribution in [0.2, 0.25) is 0 Å². The van der Waals surface area contributed by atoms with Gasteiger partial charge in [-0.3, -0.25) is 14.9 Å². The maximum Gasteiger partial charge on any atom is 0.315 e. The van der Waals surface area contributed by atoms with Crippen molar-refractivity contribution >= 4 is 28.8 Å². The second-order valence-electron chi connectivity index (χ2n) is 5.71.